The van der Waals surface area contributed by atoms with Gasteiger partial charge in [-0.3, -0.25) is 4.79 Å². The number of nitrogens with one attached hydrogen (secondary N) is 1. The van der Waals surface area contributed by atoms with Crippen LogP contribution in [0.4, 0.5) is 18.9 Å². The van der Waals surface area contributed by atoms with Crippen LogP contribution in [0.5, 0.6) is 5.75 Å². The van der Waals surface area contributed by atoms with Crippen molar-refractivity contribution in [3.8, 4) is 5.75 Å². The molecule has 0 aliphatic carbocycles. The molecule has 21 heavy (non-hydrogen) atoms. The highest BCUT2D eigenvalue weighted by atomic mass is 19.4. The van der Waals surface area contributed by atoms with Crippen LogP contribution < -0.4 is 10.1 Å². The predicted octanol–water partition coefficient (Wildman–Crippen LogP) is 3.47. The number of amides is 1. The summed E-state index contributed by atoms with van der Waals surface area (Å²) in [6.45, 7) is 2.28. The summed E-state index contributed by atoms with van der Waals surface area (Å²) < 4.78 is 48.3. The van der Waals surface area contributed by atoms with Crippen LogP contribution in [0.15, 0.2) is 18.2 Å². The number of benzene rings is 1. The second kappa shape index (κ2) is 7.87. The van der Waals surface area contributed by atoms with Gasteiger partial charge in [-0.15, -0.1) is 0 Å². The fraction of sp³-hybridized carbons (Fsp3) is 0.500. The van der Waals surface area contributed by atoms with E-state index in [-0.39, 0.29) is 30.4 Å². The average Bonchev–Trinajstić information content (AvgIpc) is 2.39. The van der Waals surface area contributed by atoms with Crippen LogP contribution in [-0.2, 0) is 15.7 Å². The minimum Gasteiger partial charge on any atom is -0.489 e. The van der Waals surface area contributed by atoms with Crippen molar-refractivity contribution >= 4 is 11.6 Å². The monoisotopic (exact) mass is 305 g/mol. The Morgan fingerprint density at radius 2 is 2.00 bits per heavy atom. The van der Waals surface area contributed by atoms with Crippen LogP contribution in [-0.4, -0.2) is 26.2 Å². The van der Waals surface area contributed by atoms with Crippen molar-refractivity contribution < 1.29 is 27.4 Å². The SMILES string of the molecule is CCCC(=O)Nc1cc(C(F)(F)F)ccc1OCCOC. The van der Waals surface area contributed by atoms with Gasteiger partial charge in [-0.05, 0) is 24.6 Å². The van der Waals surface area contributed by atoms with Gasteiger partial charge in [-0.25, -0.2) is 0 Å². The molecule has 0 saturated carbocycles. The number of alkyl halides is 3. The summed E-state index contributed by atoms with van der Waals surface area (Å²) in [4.78, 5) is 11.6. The number of hydrogen-bond donors (Lipinski definition) is 1. The summed E-state index contributed by atoms with van der Waals surface area (Å²) in [5, 5.41) is 2.45. The largest absolute Gasteiger partial charge is 0.489 e. The van der Waals surface area contributed by atoms with Gasteiger partial charge in [0.05, 0.1) is 17.9 Å². The molecule has 0 atom stereocenters. The minimum absolute atomic E-state index is 0.0133. The Labute approximate surface area is 121 Å². The molecule has 4 nitrogen and oxygen atoms in total. The van der Waals surface area contributed by atoms with Gasteiger partial charge in [0.15, 0.2) is 0 Å². The number of hydrogen-bond acceptors (Lipinski definition) is 3. The Kier molecular flexibility index (Phi) is 6.48. The lowest BCUT2D eigenvalue weighted by molar-refractivity contribution is -0.137. The second-order valence-electron chi connectivity index (χ2n) is 4.35. The molecule has 0 heterocycles. The first kappa shape index (κ1) is 17.3. The molecule has 0 saturated heterocycles. The molecule has 1 amide bonds. The van der Waals surface area contributed by atoms with Crippen LogP contribution in [0.1, 0.15) is 25.3 Å². The first-order valence-electron chi connectivity index (χ1n) is 6.51. The lowest BCUT2D eigenvalue weighted by Crippen LogP contribution is -2.14. The highest BCUT2D eigenvalue weighted by Crippen LogP contribution is 2.35. The Bertz CT molecular complexity index is 475. The highest BCUT2D eigenvalue weighted by molar-refractivity contribution is 5.92. The molecule has 1 aromatic rings. The van der Waals surface area contributed by atoms with Crippen LogP contribution in [0.3, 0.4) is 0 Å². The van der Waals surface area contributed by atoms with Crippen LogP contribution in [0, 0.1) is 0 Å². The quantitative estimate of drug-likeness (QED) is 0.785. The lowest BCUT2D eigenvalue weighted by Gasteiger charge is -2.15. The smallest absolute Gasteiger partial charge is 0.416 e. The van der Waals surface area contributed by atoms with Gasteiger partial charge in [-0.2, -0.15) is 13.2 Å². The minimum atomic E-state index is -4.48. The first-order valence-corrected chi connectivity index (χ1v) is 6.51. The maximum atomic E-state index is 12.7. The van der Waals surface area contributed by atoms with Crippen molar-refractivity contribution in [1.82, 2.24) is 0 Å². The van der Waals surface area contributed by atoms with Gasteiger partial charge < -0.3 is 14.8 Å². The number of halogens is 3. The van der Waals surface area contributed by atoms with Gasteiger partial charge in [0.25, 0.3) is 0 Å². The molecule has 0 spiro atoms. The number of methoxy groups -OCH3 is 1. The van der Waals surface area contributed by atoms with Crippen molar-refractivity contribution in [3.63, 3.8) is 0 Å². The van der Waals surface area contributed by atoms with E-state index in [0.29, 0.717) is 13.0 Å². The third kappa shape index (κ3) is 5.63. The zero-order valence-corrected chi connectivity index (χ0v) is 11.9. The van der Waals surface area contributed by atoms with Crippen molar-refractivity contribution in [1.29, 1.82) is 0 Å². The molecular formula is C14H18F3NO3. The van der Waals surface area contributed by atoms with Gasteiger partial charge >= 0.3 is 6.18 Å². The summed E-state index contributed by atoms with van der Waals surface area (Å²) in [6.07, 6.45) is -3.65. The zero-order chi connectivity index (χ0) is 15.9. The van der Waals surface area contributed by atoms with Gasteiger partial charge in [0.1, 0.15) is 12.4 Å². The fourth-order valence-corrected chi connectivity index (χ4v) is 1.60. The molecule has 118 valence electrons. The molecule has 1 rings (SSSR count). The Hall–Kier alpha value is -1.76. The molecule has 1 N–H and O–H groups in total. The maximum Gasteiger partial charge on any atom is 0.416 e. The number of rotatable bonds is 7. The van der Waals surface area contributed by atoms with Crippen LogP contribution >= 0.6 is 0 Å². The second-order valence-corrected chi connectivity index (χ2v) is 4.35. The van der Waals surface area contributed by atoms with Crippen LogP contribution in [0.25, 0.3) is 0 Å². The van der Waals surface area contributed by atoms with Gasteiger partial charge in [-0.1, -0.05) is 6.92 Å². The Morgan fingerprint density at radius 3 is 2.57 bits per heavy atom. The Balaban J connectivity index is 2.97. The van der Waals surface area contributed by atoms with Gasteiger partial charge in [0, 0.05) is 13.5 Å². The lowest BCUT2D eigenvalue weighted by atomic mass is 10.1. The molecule has 0 unspecified atom stereocenters. The average molecular weight is 305 g/mol. The molecule has 0 bridgehead atoms. The normalized spacial score (nSPS) is 11.3. The van der Waals surface area contributed by atoms with Gasteiger partial charge in [0.2, 0.25) is 5.91 Å². The maximum absolute atomic E-state index is 12.7. The van der Waals surface area contributed by atoms with E-state index in [9.17, 15) is 18.0 Å². The molecular weight excluding hydrogens is 287 g/mol. The summed E-state index contributed by atoms with van der Waals surface area (Å²) in [5.74, 6) is -0.169. The van der Waals surface area contributed by atoms with E-state index in [2.05, 4.69) is 5.32 Å². The van der Waals surface area contributed by atoms with Crippen molar-refractivity contribution in [2.45, 2.75) is 25.9 Å². The van der Waals surface area contributed by atoms with E-state index in [4.69, 9.17) is 9.47 Å². The van der Waals surface area contributed by atoms with E-state index in [0.717, 1.165) is 12.1 Å². The summed E-state index contributed by atoms with van der Waals surface area (Å²) >= 11 is 0. The topological polar surface area (TPSA) is 47.6 Å². The third-order valence-electron chi connectivity index (χ3n) is 2.60. The Morgan fingerprint density at radius 1 is 1.29 bits per heavy atom. The summed E-state index contributed by atoms with van der Waals surface area (Å²) in [7, 11) is 1.49. The van der Waals surface area contributed by atoms with Crippen molar-refractivity contribution in [2.24, 2.45) is 0 Å². The van der Waals surface area contributed by atoms with E-state index in [1.807, 2.05) is 6.92 Å². The summed E-state index contributed by atoms with van der Waals surface area (Å²) in [5.41, 5.74) is -0.826. The number of carbonyl (C=O) groups is 1. The number of anilines is 1. The zero-order valence-electron chi connectivity index (χ0n) is 11.9. The molecule has 0 aliphatic heterocycles. The third-order valence-corrected chi connectivity index (χ3v) is 2.60. The fourth-order valence-electron chi connectivity index (χ4n) is 1.60. The molecule has 0 radical (unpaired) electrons. The molecule has 1 aromatic carbocycles. The van der Waals surface area contributed by atoms with E-state index >= 15 is 0 Å². The van der Waals surface area contributed by atoms with E-state index in [1.165, 1.54) is 13.2 Å². The van der Waals surface area contributed by atoms with E-state index in [1.54, 1.807) is 0 Å². The van der Waals surface area contributed by atoms with Crippen molar-refractivity contribution in [3.05, 3.63) is 23.8 Å². The molecule has 0 fully saturated rings. The molecule has 0 aliphatic rings. The van der Waals surface area contributed by atoms with Crippen molar-refractivity contribution in [2.75, 3.05) is 25.6 Å². The van der Waals surface area contributed by atoms with Crippen LogP contribution in [0.2, 0.25) is 0 Å². The highest BCUT2D eigenvalue weighted by Gasteiger charge is 2.31. The standard InChI is InChI=1S/C14H18F3NO3/c1-3-4-13(19)18-11-9-10(14(15,16)17)5-6-12(11)21-8-7-20-2/h5-6,9H,3-4,7-8H2,1-2H3,(H,18,19). The predicted molar refractivity (Wildman–Crippen MR) is 72.4 cm³/mol. The summed E-state index contributed by atoms with van der Waals surface area (Å²) in [6, 6.07) is 2.98. The number of carbonyl (C=O) groups excluding carboxylic acids is 1. The number of ether oxygens (including phenoxy) is 2. The van der Waals surface area contributed by atoms with E-state index < -0.39 is 11.7 Å². The molecule has 0 aromatic heterocycles. The first-order chi connectivity index (χ1) is 9.88. The molecule has 7 heteroatoms.